The number of fused-ring (bicyclic) bond motifs is 1. The lowest BCUT2D eigenvalue weighted by Gasteiger charge is -2.08. The van der Waals surface area contributed by atoms with Crippen molar-refractivity contribution in [3.8, 4) is 0 Å². The third-order valence-corrected chi connectivity index (χ3v) is 2.96. The molecule has 0 aliphatic carbocycles. The van der Waals surface area contributed by atoms with E-state index in [1.165, 1.54) is 0 Å². The van der Waals surface area contributed by atoms with Gasteiger partial charge in [-0.05, 0) is 23.7 Å². The number of rotatable bonds is 2. The lowest BCUT2D eigenvalue weighted by molar-refractivity contribution is 0.262. The minimum atomic E-state index is -0.390. The first-order chi connectivity index (χ1) is 9.72. The van der Waals surface area contributed by atoms with Crippen molar-refractivity contribution in [3.63, 3.8) is 0 Å². The summed E-state index contributed by atoms with van der Waals surface area (Å²) in [5, 5.41) is 12.6. The summed E-state index contributed by atoms with van der Waals surface area (Å²) in [6.45, 7) is 0. The van der Waals surface area contributed by atoms with Gasteiger partial charge in [-0.1, -0.05) is 36.4 Å². The number of anilines is 2. The average molecular weight is 285 g/mol. The predicted molar refractivity (Wildman–Crippen MR) is 80.4 cm³/mol. The first kappa shape index (κ1) is 12.4. The van der Waals surface area contributed by atoms with Crippen molar-refractivity contribution in [1.29, 1.82) is 0 Å². The van der Waals surface area contributed by atoms with Gasteiger partial charge in [0.05, 0.1) is 5.69 Å². The summed E-state index contributed by atoms with van der Waals surface area (Å²) in [5.41, 5.74) is 0.731. The fraction of sp³-hybridized carbons (Fsp3) is 0. The Bertz CT molecular complexity index is 817. The molecule has 0 saturated heterocycles. The molecular weight excluding hydrogens is 274 g/mol. The predicted octanol–water partition coefficient (Wildman–Crippen LogP) is 3.26. The van der Waals surface area contributed by atoms with Crippen LogP contribution in [0.4, 0.5) is 16.4 Å². The quantitative estimate of drug-likeness (QED) is 0.545. The molecule has 1 heterocycles. The molecule has 4 N–H and O–H groups in total. The molecule has 2 aromatic carbocycles. The molecule has 6 nitrogen and oxygen atoms in total. The van der Waals surface area contributed by atoms with Gasteiger partial charge in [-0.15, -0.1) is 0 Å². The molecule has 1 aromatic heterocycles. The number of hydrogen-bond acceptors (Lipinski definition) is 3. The number of H-pyrrole nitrogens is 2. The summed E-state index contributed by atoms with van der Waals surface area (Å²) < 4.78 is 0.283. The maximum Gasteiger partial charge on any atom is 0.326 e. The van der Waals surface area contributed by atoms with Gasteiger partial charge in [-0.25, -0.2) is 4.79 Å². The molecule has 0 radical (unpaired) electrons. The van der Waals surface area contributed by atoms with E-state index in [0.29, 0.717) is 0 Å². The zero-order valence-corrected chi connectivity index (χ0v) is 11.1. The van der Waals surface area contributed by atoms with Crippen molar-refractivity contribution < 1.29 is 4.79 Å². The van der Waals surface area contributed by atoms with Crippen molar-refractivity contribution in [3.05, 3.63) is 47.2 Å². The van der Waals surface area contributed by atoms with Crippen LogP contribution in [-0.2, 0) is 0 Å². The van der Waals surface area contributed by atoms with Gasteiger partial charge in [-0.2, -0.15) is 4.98 Å². The first-order valence-corrected chi connectivity index (χ1v) is 6.34. The second kappa shape index (κ2) is 5.14. The summed E-state index contributed by atoms with van der Waals surface area (Å²) >= 11 is 4.81. The normalized spacial score (nSPS) is 10.4. The first-order valence-electron chi connectivity index (χ1n) is 5.93. The van der Waals surface area contributed by atoms with Crippen LogP contribution in [0.1, 0.15) is 0 Å². The molecule has 100 valence electrons. The molecule has 0 aliphatic rings. The maximum atomic E-state index is 11.9. The molecule has 2 amide bonds. The van der Waals surface area contributed by atoms with E-state index in [-0.39, 0.29) is 16.8 Å². The topological polar surface area (TPSA) is 85.6 Å². The Hall–Kier alpha value is -2.67. The van der Waals surface area contributed by atoms with Crippen molar-refractivity contribution in [2.75, 3.05) is 10.6 Å². The summed E-state index contributed by atoms with van der Waals surface area (Å²) in [5.74, 6) is 0.271. The Balaban J connectivity index is 1.82. The average Bonchev–Trinajstić information content (AvgIpc) is 2.84. The van der Waals surface area contributed by atoms with Gasteiger partial charge in [0, 0.05) is 5.39 Å². The monoisotopic (exact) mass is 285 g/mol. The van der Waals surface area contributed by atoms with Gasteiger partial charge >= 0.3 is 6.03 Å². The van der Waals surface area contributed by atoms with Gasteiger partial charge < -0.3 is 5.32 Å². The fourth-order valence-corrected chi connectivity index (χ4v) is 2.07. The molecule has 0 atom stereocenters. The highest BCUT2D eigenvalue weighted by molar-refractivity contribution is 7.71. The second-order valence-corrected chi connectivity index (χ2v) is 4.51. The number of carbonyl (C=O) groups excluding carboxylic acids is 1. The Morgan fingerprint density at radius 3 is 2.65 bits per heavy atom. The van der Waals surface area contributed by atoms with E-state index in [4.69, 9.17) is 12.2 Å². The van der Waals surface area contributed by atoms with Crippen LogP contribution in [0.3, 0.4) is 0 Å². The van der Waals surface area contributed by atoms with E-state index in [9.17, 15) is 4.79 Å². The molecule has 0 unspecified atom stereocenters. The lowest BCUT2D eigenvalue weighted by atomic mass is 10.1. The van der Waals surface area contributed by atoms with Crippen LogP contribution in [0.2, 0.25) is 0 Å². The van der Waals surface area contributed by atoms with Crippen molar-refractivity contribution in [1.82, 2.24) is 15.2 Å². The van der Waals surface area contributed by atoms with Gasteiger partial charge in [0.1, 0.15) is 0 Å². The minimum absolute atomic E-state index is 0.271. The zero-order valence-electron chi connectivity index (χ0n) is 10.3. The smallest absolute Gasteiger partial charge is 0.307 e. The van der Waals surface area contributed by atoms with Crippen molar-refractivity contribution in [2.45, 2.75) is 0 Å². The van der Waals surface area contributed by atoms with Crippen LogP contribution in [0.5, 0.6) is 0 Å². The minimum Gasteiger partial charge on any atom is -0.307 e. The molecule has 0 spiro atoms. The number of hydrogen-bond donors (Lipinski definition) is 4. The largest absolute Gasteiger partial charge is 0.326 e. The molecule has 0 aliphatic heterocycles. The summed E-state index contributed by atoms with van der Waals surface area (Å²) in [6, 6.07) is 13.2. The molecule has 3 rings (SSSR count). The van der Waals surface area contributed by atoms with E-state index in [2.05, 4.69) is 25.8 Å². The number of nitrogens with one attached hydrogen (secondary N) is 4. The summed E-state index contributed by atoms with van der Waals surface area (Å²) in [4.78, 5) is 15.8. The summed E-state index contributed by atoms with van der Waals surface area (Å²) in [7, 11) is 0. The number of aromatic amines is 2. The van der Waals surface area contributed by atoms with Crippen LogP contribution < -0.4 is 10.6 Å². The van der Waals surface area contributed by atoms with Crippen LogP contribution in [0, 0.1) is 4.77 Å². The standard InChI is InChI=1S/C13H11N5OS/c19-12(15-11-16-13(20)18-17-11)14-10-7-3-5-8-4-1-2-6-9(8)10/h1-7H,(H4,14,15,16,17,18,19,20). The second-order valence-electron chi connectivity index (χ2n) is 4.12. The highest BCUT2D eigenvalue weighted by Crippen LogP contribution is 2.22. The number of urea groups is 1. The fourth-order valence-electron chi connectivity index (χ4n) is 1.92. The molecule has 3 aromatic rings. The Morgan fingerprint density at radius 2 is 1.85 bits per heavy atom. The number of carbonyl (C=O) groups is 1. The van der Waals surface area contributed by atoms with Crippen LogP contribution in [-0.4, -0.2) is 21.2 Å². The van der Waals surface area contributed by atoms with E-state index in [1.807, 2.05) is 42.5 Å². The zero-order chi connectivity index (χ0) is 13.9. The molecule has 20 heavy (non-hydrogen) atoms. The number of benzene rings is 2. The number of aromatic nitrogens is 3. The molecular formula is C13H11N5OS. The molecule has 7 heteroatoms. The van der Waals surface area contributed by atoms with Crippen molar-refractivity contribution >= 4 is 40.7 Å². The van der Waals surface area contributed by atoms with E-state index in [1.54, 1.807) is 0 Å². The SMILES string of the molecule is O=C(Nc1nc(=S)[nH][nH]1)Nc1cccc2ccccc12. The Labute approximate surface area is 119 Å². The van der Waals surface area contributed by atoms with Crippen LogP contribution in [0.25, 0.3) is 10.8 Å². The number of amides is 2. The Kier molecular flexibility index (Phi) is 3.18. The third kappa shape index (κ3) is 2.52. The van der Waals surface area contributed by atoms with Crippen LogP contribution in [0.15, 0.2) is 42.5 Å². The maximum absolute atomic E-state index is 11.9. The van der Waals surface area contributed by atoms with Gasteiger partial charge in [0.2, 0.25) is 10.7 Å². The van der Waals surface area contributed by atoms with Crippen LogP contribution >= 0.6 is 12.2 Å². The van der Waals surface area contributed by atoms with Crippen molar-refractivity contribution in [2.24, 2.45) is 0 Å². The molecule has 0 fully saturated rings. The van der Waals surface area contributed by atoms with E-state index >= 15 is 0 Å². The Morgan fingerprint density at radius 1 is 1.05 bits per heavy atom. The highest BCUT2D eigenvalue weighted by atomic mass is 32.1. The van der Waals surface area contributed by atoms with Gasteiger partial charge in [-0.3, -0.25) is 15.5 Å². The third-order valence-electron chi connectivity index (χ3n) is 2.77. The summed E-state index contributed by atoms with van der Waals surface area (Å²) in [6.07, 6.45) is 0. The lowest BCUT2D eigenvalue weighted by Crippen LogP contribution is -2.20. The molecule has 0 saturated carbocycles. The van der Waals surface area contributed by atoms with Gasteiger partial charge in [0.25, 0.3) is 0 Å². The van der Waals surface area contributed by atoms with Gasteiger partial charge in [0.15, 0.2) is 0 Å². The molecule has 0 bridgehead atoms. The highest BCUT2D eigenvalue weighted by Gasteiger charge is 2.06. The van der Waals surface area contributed by atoms with E-state index in [0.717, 1.165) is 16.5 Å². The number of nitrogens with zero attached hydrogens (tertiary/aromatic N) is 1. The van der Waals surface area contributed by atoms with E-state index < -0.39 is 0 Å².